The van der Waals surface area contributed by atoms with Gasteiger partial charge in [-0.3, -0.25) is 24.5 Å². The Hall–Kier alpha value is -4.86. The van der Waals surface area contributed by atoms with Crippen molar-refractivity contribution in [1.82, 2.24) is 10.3 Å². The Balaban J connectivity index is 1.78. The van der Waals surface area contributed by atoms with E-state index in [1.807, 2.05) is 12.1 Å². The fourth-order valence-electron chi connectivity index (χ4n) is 4.34. The molecule has 37 heavy (non-hydrogen) atoms. The van der Waals surface area contributed by atoms with Crippen molar-refractivity contribution in [2.75, 3.05) is 6.61 Å². The van der Waals surface area contributed by atoms with Gasteiger partial charge in [0.2, 0.25) is 5.91 Å². The fraction of sp³-hybridized carbons (Fsp3) is 0.185. The Labute approximate surface area is 211 Å². The quantitative estimate of drug-likeness (QED) is 0.154. The van der Waals surface area contributed by atoms with Crippen molar-refractivity contribution in [2.24, 2.45) is 5.73 Å². The number of non-ortho nitro benzene ring substituents is 1. The molecule has 10 heteroatoms. The van der Waals surface area contributed by atoms with E-state index in [0.717, 1.165) is 0 Å². The first kappa shape index (κ1) is 25.2. The van der Waals surface area contributed by atoms with Crippen molar-refractivity contribution in [1.29, 1.82) is 0 Å². The first-order valence-corrected chi connectivity index (χ1v) is 11.6. The average molecular weight is 501 g/mol. The summed E-state index contributed by atoms with van der Waals surface area (Å²) in [4.78, 5) is 54.0. The molecule has 2 amide bonds. The number of nitrogens with zero attached hydrogens (tertiary/aromatic N) is 2. The second kappa shape index (κ2) is 10.8. The van der Waals surface area contributed by atoms with Gasteiger partial charge in [-0.15, -0.1) is 0 Å². The van der Waals surface area contributed by atoms with Crippen LogP contribution in [-0.2, 0) is 14.3 Å². The van der Waals surface area contributed by atoms with Gasteiger partial charge in [0, 0.05) is 28.8 Å². The molecule has 10 nitrogen and oxygen atoms in total. The van der Waals surface area contributed by atoms with Crippen LogP contribution in [0.1, 0.15) is 35.2 Å². The van der Waals surface area contributed by atoms with Gasteiger partial charge < -0.3 is 15.8 Å². The van der Waals surface area contributed by atoms with Gasteiger partial charge in [-0.1, -0.05) is 48.5 Å². The topological polar surface area (TPSA) is 155 Å². The second-order valence-corrected chi connectivity index (χ2v) is 8.34. The lowest BCUT2D eigenvalue weighted by Crippen LogP contribution is -2.49. The van der Waals surface area contributed by atoms with Crippen molar-refractivity contribution >= 4 is 45.3 Å². The van der Waals surface area contributed by atoms with Crippen molar-refractivity contribution in [2.45, 2.75) is 25.3 Å². The molecular formula is C27H24N4O6. The van der Waals surface area contributed by atoms with Gasteiger partial charge in [-0.25, -0.2) is 4.98 Å². The Morgan fingerprint density at radius 2 is 1.54 bits per heavy atom. The molecule has 3 aromatic carbocycles. The van der Waals surface area contributed by atoms with E-state index in [-0.39, 0.29) is 18.7 Å². The van der Waals surface area contributed by atoms with Crippen LogP contribution >= 0.6 is 0 Å². The van der Waals surface area contributed by atoms with E-state index in [9.17, 15) is 24.5 Å². The number of hydrogen-bond donors (Lipinski definition) is 2. The van der Waals surface area contributed by atoms with Gasteiger partial charge in [-0.05, 0) is 24.6 Å². The van der Waals surface area contributed by atoms with Crippen molar-refractivity contribution < 1.29 is 24.0 Å². The Morgan fingerprint density at radius 3 is 2.05 bits per heavy atom. The second-order valence-electron chi connectivity index (χ2n) is 8.34. The maximum Gasteiger partial charge on any atom is 0.306 e. The molecule has 188 valence electrons. The molecule has 0 aliphatic rings. The highest BCUT2D eigenvalue weighted by molar-refractivity contribution is 6.16. The van der Waals surface area contributed by atoms with Crippen LogP contribution < -0.4 is 11.1 Å². The molecule has 0 aliphatic heterocycles. The first-order chi connectivity index (χ1) is 17.8. The summed E-state index contributed by atoms with van der Waals surface area (Å²) in [6.45, 7) is 1.76. The fourth-order valence-corrected chi connectivity index (χ4v) is 4.34. The number of aromatic nitrogens is 1. The van der Waals surface area contributed by atoms with Crippen LogP contribution in [-0.4, -0.2) is 40.3 Å². The smallest absolute Gasteiger partial charge is 0.306 e. The number of benzene rings is 3. The highest BCUT2D eigenvalue weighted by Gasteiger charge is 2.33. The number of primary amides is 1. The number of nitro benzene ring substituents is 1. The number of rotatable bonds is 9. The number of amides is 2. The molecule has 0 fully saturated rings. The highest BCUT2D eigenvalue weighted by atomic mass is 16.6. The lowest BCUT2D eigenvalue weighted by Gasteiger charge is -2.26. The number of nitrogens with one attached hydrogen (secondary N) is 1. The number of hydrogen-bond acceptors (Lipinski definition) is 7. The van der Waals surface area contributed by atoms with Gasteiger partial charge in [0.25, 0.3) is 11.6 Å². The summed E-state index contributed by atoms with van der Waals surface area (Å²) in [5.74, 6) is -2.98. The first-order valence-electron chi connectivity index (χ1n) is 11.6. The largest absolute Gasteiger partial charge is 0.466 e. The molecule has 1 heterocycles. The molecule has 4 rings (SSSR count). The third kappa shape index (κ3) is 5.37. The molecule has 0 bridgehead atoms. The number of ether oxygens (including phenoxy) is 1. The van der Waals surface area contributed by atoms with E-state index in [2.05, 4.69) is 10.3 Å². The Kier molecular flexibility index (Phi) is 7.38. The minimum Gasteiger partial charge on any atom is -0.466 e. The van der Waals surface area contributed by atoms with Crippen molar-refractivity contribution in [3.05, 3.63) is 94.0 Å². The van der Waals surface area contributed by atoms with Crippen LogP contribution in [0.3, 0.4) is 0 Å². The van der Waals surface area contributed by atoms with Gasteiger partial charge in [-0.2, -0.15) is 0 Å². The monoisotopic (exact) mass is 500 g/mol. The summed E-state index contributed by atoms with van der Waals surface area (Å²) < 4.78 is 5.07. The van der Waals surface area contributed by atoms with Gasteiger partial charge in [0.1, 0.15) is 6.04 Å². The number of esters is 1. The summed E-state index contributed by atoms with van der Waals surface area (Å²) in [6, 6.07) is 18.3. The lowest BCUT2D eigenvalue weighted by molar-refractivity contribution is -0.384. The van der Waals surface area contributed by atoms with Crippen molar-refractivity contribution in [3.63, 3.8) is 0 Å². The van der Waals surface area contributed by atoms with Gasteiger partial charge in [0.05, 0.1) is 34.5 Å². The van der Waals surface area contributed by atoms with E-state index in [0.29, 0.717) is 32.9 Å². The van der Waals surface area contributed by atoms with Crippen LogP contribution in [0, 0.1) is 10.1 Å². The molecule has 2 atom stereocenters. The van der Waals surface area contributed by atoms with Crippen LogP contribution in [0.15, 0.2) is 72.8 Å². The maximum atomic E-state index is 13.7. The molecule has 0 unspecified atom stereocenters. The molecule has 0 radical (unpaired) electrons. The molecule has 4 aromatic rings. The minimum absolute atomic E-state index is 0.119. The molecule has 0 aliphatic carbocycles. The maximum absolute atomic E-state index is 13.7. The average Bonchev–Trinajstić information content (AvgIpc) is 2.89. The molecule has 0 saturated heterocycles. The summed E-state index contributed by atoms with van der Waals surface area (Å²) in [6.07, 6.45) is -0.280. The zero-order valence-electron chi connectivity index (χ0n) is 19.9. The van der Waals surface area contributed by atoms with Crippen LogP contribution in [0.25, 0.3) is 21.8 Å². The number of nitro groups is 1. The normalized spacial score (nSPS) is 12.6. The number of carbonyl (C=O) groups is 3. The SMILES string of the molecule is CCOC(=O)C[C@@H](c1ccc([N+](=O)[O-])cc1)[C@@H](NC(=O)c1c2ccccc2nc2ccccc12)C(N)=O. The van der Waals surface area contributed by atoms with E-state index < -0.39 is 34.7 Å². The predicted octanol–water partition coefficient (Wildman–Crippen LogP) is 3.62. The predicted molar refractivity (Wildman–Crippen MR) is 137 cm³/mol. The number of carbonyl (C=O) groups excluding carboxylic acids is 3. The molecule has 3 N–H and O–H groups in total. The summed E-state index contributed by atoms with van der Waals surface area (Å²) in [5, 5.41) is 15.0. The van der Waals surface area contributed by atoms with Gasteiger partial charge in [0.15, 0.2) is 0 Å². The van der Waals surface area contributed by atoms with E-state index in [4.69, 9.17) is 10.5 Å². The summed E-state index contributed by atoms with van der Waals surface area (Å²) in [5.41, 5.74) is 7.48. The zero-order chi connectivity index (χ0) is 26.5. The third-order valence-electron chi connectivity index (χ3n) is 6.03. The molecular weight excluding hydrogens is 476 g/mol. The number of para-hydroxylation sites is 2. The zero-order valence-corrected chi connectivity index (χ0v) is 19.9. The van der Waals surface area contributed by atoms with Crippen LogP contribution in [0.2, 0.25) is 0 Å². The van der Waals surface area contributed by atoms with E-state index in [1.54, 1.807) is 43.3 Å². The Morgan fingerprint density at radius 1 is 0.973 bits per heavy atom. The van der Waals surface area contributed by atoms with Crippen LogP contribution in [0.4, 0.5) is 5.69 Å². The molecule has 1 aromatic heterocycles. The lowest BCUT2D eigenvalue weighted by atomic mass is 9.87. The molecule has 0 spiro atoms. The minimum atomic E-state index is -1.32. The number of nitrogens with two attached hydrogens (primary N) is 1. The van der Waals surface area contributed by atoms with Crippen LogP contribution in [0.5, 0.6) is 0 Å². The summed E-state index contributed by atoms with van der Waals surface area (Å²) >= 11 is 0. The van der Waals surface area contributed by atoms with Gasteiger partial charge >= 0.3 is 5.97 Å². The van der Waals surface area contributed by atoms with E-state index in [1.165, 1.54) is 24.3 Å². The third-order valence-corrected chi connectivity index (χ3v) is 6.03. The Bertz CT molecular complexity index is 1450. The molecule has 0 saturated carbocycles. The standard InChI is InChI=1S/C27H24N4O6/c1-2-37-23(32)15-20(16-11-13-17(14-12-16)31(35)36)25(26(28)33)30-27(34)24-18-7-3-5-9-21(18)29-22-10-6-4-8-19(22)24/h3-14,20,25H,2,15H2,1H3,(H2,28,33)(H,30,34)/t20-,25+/m0/s1. The highest BCUT2D eigenvalue weighted by Crippen LogP contribution is 2.29. The van der Waals surface area contributed by atoms with E-state index >= 15 is 0 Å². The number of pyridine rings is 1. The summed E-state index contributed by atoms with van der Waals surface area (Å²) in [7, 11) is 0. The number of fused-ring (bicyclic) bond motifs is 2. The van der Waals surface area contributed by atoms with Crippen molar-refractivity contribution in [3.8, 4) is 0 Å².